The fourth-order valence-electron chi connectivity index (χ4n) is 1.94. The van der Waals surface area contributed by atoms with Crippen LogP contribution in [-0.4, -0.2) is 23.6 Å². The van der Waals surface area contributed by atoms with E-state index >= 15 is 0 Å². The zero-order chi connectivity index (χ0) is 11.8. The molecule has 0 spiro atoms. The lowest BCUT2D eigenvalue weighted by molar-refractivity contribution is -0.149. The van der Waals surface area contributed by atoms with E-state index in [1.165, 1.54) is 6.07 Å². The molecular formula is C12H15FO3. The maximum atomic E-state index is 13.6. The molecule has 0 amide bonds. The molecule has 0 saturated carbocycles. The number of halogens is 1. The Balaban J connectivity index is 2.30. The van der Waals surface area contributed by atoms with Crippen LogP contribution in [-0.2, 0) is 9.47 Å². The standard InChI is InChI=1S/C12H15FO3/c1-12(2)15-10(7-14)11(16-12)8-5-3-4-6-9(8)13/h3-6,10-11,14H,7H2,1-2H3/t10-,11-/m1/s1. The van der Waals surface area contributed by atoms with Crippen molar-refractivity contribution in [1.82, 2.24) is 0 Å². The minimum absolute atomic E-state index is 0.192. The third kappa shape index (κ3) is 2.09. The van der Waals surface area contributed by atoms with Crippen LogP contribution in [0, 0.1) is 5.82 Å². The smallest absolute Gasteiger partial charge is 0.164 e. The zero-order valence-electron chi connectivity index (χ0n) is 9.31. The Morgan fingerprint density at radius 2 is 2.00 bits per heavy atom. The van der Waals surface area contributed by atoms with E-state index in [4.69, 9.17) is 9.47 Å². The highest BCUT2D eigenvalue weighted by Gasteiger charge is 2.42. The third-order valence-electron chi connectivity index (χ3n) is 2.58. The first kappa shape index (κ1) is 11.5. The van der Waals surface area contributed by atoms with Crippen molar-refractivity contribution in [3.05, 3.63) is 35.6 Å². The molecule has 1 aromatic carbocycles. The third-order valence-corrected chi connectivity index (χ3v) is 2.58. The van der Waals surface area contributed by atoms with E-state index in [9.17, 15) is 9.50 Å². The first-order valence-corrected chi connectivity index (χ1v) is 5.24. The fraction of sp³-hybridized carbons (Fsp3) is 0.500. The summed E-state index contributed by atoms with van der Waals surface area (Å²) in [6.45, 7) is 3.30. The molecule has 1 fully saturated rings. The lowest BCUT2D eigenvalue weighted by atomic mass is 10.0. The van der Waals surface area contributed by atoms with Crippen LogP contribution in [0.15, 0.2) is 24.3 Å². The highest BCUT2D eigenvalue weighted by Crippen LogP contribution is 2.38. The maximum Gasteiger partial charge on any atom is 0.164 e. The number of benzene rings is 1. The lowest BCUT2D eigenvalue weighted by Crippen LogP contribution is -2.23. The first-order chi connectivity index (χ1) is 7.53. The van der Waals surface area contributed by atoms with Crippen LogP contribution in [0.4, 0.5) is 4.39 Å². The van der Waals surface area contributed by atoms with Crippen LogP contribution >= 0.6 is 0 Å². The number of aliphatic hydroxyl groups excluding tert-OH is 1. The Morgan fingerprint density at radius 1 is 1.31 bits per heavy atom. The molecule has 88 valence electrons. The van der Waals surface area contributed by atoms with Gasteiger partial charge in [-0.2, -0.15) is 0 Å². The summed E-state index contributed by atoms with van der Waals surface area (Å²) in [5.74, 6) is -1.13. The fourth-order valence-corrected chi connectivity index (χ4v) is 1.94. The molecule has 2 atom stereocenters. The van der Waals surface area contributed by atoms with Gasteiger partial charge in [-0.3, -0.25) is 0 Å². The quantitative estimate of drug-likeness (QED) is 0.838. The van der Waals surface area contributed by atoms with Gasteiger partial charge in [0.2, 0.25) is 0 Å². The average Bonchev–Trinajstić information content (AvgIpc) is 2.54. The largest absolute Gasteiger partial charge is 0.394 e. The first-order valence-electron chi connectivity index (χ1n) is 5.24. The molecule has 1 aromatic rings. The Morgan fingerprint density at radius 3 is 2.62 bits per heavy atom. The van der Waals surface area contributed by atoms with Gasteiger partial charge in [-0.25, -0.2) is 4.39 Å². The highest BCUT2D eigenvalue weighted by atomic mass is 19.1. The summed E-state index contributed by atoms with van der Waals surface area (Å²) in [4.78, 5) is 0. The van der Waals surface area contributed by atoms with Crippen molar-refractivity contribution in [2.24, 2.45) is 0 Å². The second-order valence-electron chi connectivity index (χ2n) is 4.30. The van der Waals surface area contributed by atoms with Crippen LogP contribution in [0.2, 0.25) is 0 Å². The summed E-state index contributed by atoms with van der Waals surface area (Å²) in [7, 11) is 0. The van der Waals surface area contributed by atoms with Gasteiger partial charge in [0.25, 0.3) is 0 Å². The predicted octanol–water partition coefficient (Wildman–Crippen LogP) is 2.01. The Bertz CT molecular complexity index is 378. The van der Waals surface area contributed by atoms with Gasteiger partial charge in [0.15, 0.2) is 5.79 Å². The monoisotopic (exact) mass is 226 g/mol. The maximum absolute atomic E-state index is 13.6. The molecule has 1 saturated heterocycles. The van der Waals surface area contributed by atoms with Gasteiger partial charge in [-0.05, 0) is 19.9 Å². The molecular weight excluding hydrogens is 211 g/mol. The SMILES string of the molecule is CC1(C)O[C@H](c2ccccc2F)[C@@H](CO)O1. The van der Waals surface area contributed by atoms with Crippen molar-refractivity contribution in [3.63, 3.8) is 0 Å². The lowest BCUT2D eigenvalue weighted by Gasteiger charge is -2.17. The Labute approximate surface area is 93.8 Å². The molecule has 0 aromatic heterocycles. The number of hydrogen-bond acceptors (Lipinski definition) is 3. The molecule has 16 heavy (non-hydrogen) atoms. The van der Waals surface area contributed by atoms with Crippen molar-refractivity contribution < 1.29 is 19.0 Å². The summed E-state index contributed by atoms with van der Waals surface area (Å²) in [5.41, 5.74) is 0.423. The van der Waals surface area contributed by atoms with Crippen molar-refractivity contribution in [2.45, 2.75) is 31.8 Å². The molecule has 2 rings (SSSR count). The van der Waals surface area contributed by atoms with Gasteiger partial charge < -0.3 is 14.6 Å². The van der Waals surface area contributed by atoms with Crippen molar-refractivity contribution >= 4 is 0 Å². The molecule has 0 radical (unpaired) electrons. The van der Waals surface area contributed by atoms with Gasteiger partial charge in [0.05, 0.1) is 6.61 Å². The number of hydrogen-bond donors (Lipinski definition) is 1. The molecule has 1 aliphatic rings. The normalized spacial score (nSPS) is 28.2. The minimum atomic E-state index is -0.791. The molecule has 0 bridgehead atoms. The second-order valence-corrected chi connectivity index (χ2v) is 4.30. The molecule has 0 unspecified atom stereocenters. The number of ether oxygens (including phenoxy) is 2. The number of aliphatic hydroxyl groups is 1. The van der Waals surface area contributed by atoms with E-state index in [-0.39, 0.29) is 12.4 Å². The summed E-state index contributed by atoms with van der Waals surface area (Å²) in [5, 5.41) is 9.19. The molecule has 4 heteroatoms. The van der Waals surface area contributed by atoms with Crippen LogP contribution in [0.3, 0.4) is 0 Å². The van der Waals surface area contributed by atoms with E-state index in [1.54, 1.807) is 32.0 Å². The van der Waals surface area contributed by atoms with Crippen LogP contribution in [0.5, 0.6) is 0 Å². The minimum Gasteiger partial charge on any atom is -0.394 e. The highest BCUT2D eigenvalue weighted by molar-refractivity contribution is 5.22. The molecule has 3 nitrogen and oxygen atoms in total. The molecule has 1 aliphatic heterocycles. The van der Waals surface area contributed by atoms with Crippen molar-refractivity contribution in [2.75, 3.05) is 6.61 Å². The van der Waals surface area contributed by atoms with Crippen molar-refractivity contribution in [1.29, 1.82) is 0 Å². The Kier molecular flexibility index (Phi) is 2.97. The van der Waals surface area contributed by atoms with Gasteiger partial charge in [-0.15, -0.1) is 0 Å². The molecule has 1 N–H and O–H groups in total. The van der Waals surface area contributed by atoms with Crippen molar-refractivity contribution in [3.8, 4) is 0 Å². The average molecular weight is 226 g/mol. The van der Waals surface area contributed by atoms with Gasteiger partial charge >= 0.3 is 0 Å². The van der Waals surface area contributed by atoms with Crippen LogP contribution in [0.25, 0.3) is 0 Å². The van der Waals surface area contributed by atoms with E-state index in [0.717, 1.165) is 0 Å². The zero-order valence-corrected chi connectivity index (χ0v) is 9.31. The topological polar surface area (TPSA) is 38.7 Å². The second kappa shape index (κ2) is 4.13. The predicted molar refractivity (Wildman–Crippen MR) is 56.3 cm³/mol. The summed E-state index contributed by atoms with van der Waals surface area (Å²) >= 11 is 0. The van der Waals surface area contributed by atoms with Crippen LogP contribution in [0.1, 0.15) is 25.5 Å². The van der Waals surface area contributed by atoms with E-state index in [0.29, 0.717) is 5.56 Å². The van der Waals surface area contributed by atoms with Gasteiger partial charge in [0, 0.05) is 5.56 Å². The number of rotatable bonds is 2. The Hall–Kier alpha value is -0.970. The summed E-state index contributed by atoms with van der Waals surface area (Å²) in [6.07, 6.45) is -1.08. The molecule has 1 heterocycles. The molecule has 0 aliphatic carbocycles. The van der Waals surface area contributed by atoms with E-state index in [1.807, 2.05) is 0 Å². The summed E-state index contributed by atoms with van der Waals surface area (Å²) in [6, 6.07) is 6.38. The summed E-state index contributed by atoms with van der Waals surface area (Å²) < 4.78 is 24.7. The van der Waals surface area contributed by atoms with E-state index in [2.05, 4.69) is 0 Å². The van der Waals surface area contributed by atoms with Gasteiger partial charge in [0.1, 0.15) is 18.0 Å². The van der Waals surface area contributed by atoms with E-state index < -0.39 is 18.0 Å². The van der Waals surface area contributed by atoms with Gasteiger partial charge in [-0.1, -0.05) is 18.2 Å². The van der Waals surface area contributed by atoms with Crippen LogP contribution < -0.4 is 0 Å².